The van der Waals surface area contributed by atoms with Crippen molar-refractivity contribution < 1.29 is 27.8 Å². The Morgan fingerprint density at radius 2 is 1.81 bits per heavy atom. The van der Waals surface area contributed by atoms with Crippen LogP contribution in [0.3, 0.4) is 0 Å². The average molecular weight is 513 g/mol. The summed E-state index contributed by atoms with van der Waals surface area (Å²) in [6.45, 7) is 2.33. The highest BCUT2D eigenvalue weighted by atomic mass is 19.3. The van der Waals surface area contributed by atoms with Crippen molar-refractivity contribution in [3.63, 3.8) is 0 Å². The number of aromatic nitrogens is 1. The van der Waals surface area contributed by atoms with Crippen LogP contribution in [0.1, 0.15) is 49.0 Å². The van der Waals surface area contributed by atoms with E-state index in [0.29, 0.717) is 23.5 Å². The standard InChI is InChI=1S/C28H30F2N2O5/c1-2-35-27(34)23-17-32(19-7-8-19)24-22(25(23)33)12-11-21(26(24)37-28(29)30)18-5-9-20(10-6-18)36-16-15-31-13-3-4-14-31/h5-6,9-12,17,19,28H,2-4,7-8,13-16H2,1H3. The Labute approximate surface area is 213 Å². The second-order valence-electron chi connectivity index (χ2n) is 9.37. The number of fused-ring (bicyclic) bond motifs is 1. The summed E-state index contributed by atoms with van der Waals surface area (Å²) < 4.78 is 44.9. The SMILES string of the molecule is CCOC(=O)c1cn(C2CC2)c2c(OC(F)F)c(-c3ccc(OCCN4CCCC4)cc3)ccc2c1=O. The van der Waals surface area contributed by atoms with E-state index in [1.807, 2.05) is 0 Å². The predicted octanol–water partition coefficient (Wildman–Crippen LogP) is 5.26. The van der Waals surface area contributed by atoms with Crippen LogP contribution in [0.15, 0.2) is 47.4 Å². The van der Waals surface area contributed by atoms with Crippen LogP contribution in [-0.2, 0) is 4.74 Å². The molecule has 3 aromatic rings. The molecule has 2 heterocycles. The lowest BCUT2D eigenvalue weighted by Gasteiger charge is -2.19. The van der Waals surface area contributed by atoms with Gasteiger partial charge in [-0.3, -0.25) is 9.69 Å². The molecule has 0 bridgehead atoms. The van der Waals surface area contributed by atoms with Gasteiger partial charge in [0.05, 0.1) is 17.5 Å². The summed E-state index contributed by atoms with van der Waals surface area (Å²) in [5, 5.41) is 0.138. The zero-order valence-corrected chi connectivity index (χ0v) is 20.8. The van der Waals surface area contributed by atoms with Crippen LogP contribution < -0.4 is 14.9 Å². The molecule has 7 nitrogen and oxygen atoms in total. The maximum atomic E-state index is 13.6. The number of pyridine rings is 1. The maximum Gasteiger partial charge on any atom is 0.387 e. The molecule has 1 aliphatic heterocycles. The highest BCUT2D eigenvalue weighted by Gasteiger charge is 2.30. The first-order valence-corrected chi connectivity index (χ1v) is 12.8. The third-order valence-electron chi connectivity index (χ3n) is 6.83. The molecule has 9 heteroatoms. The Bertz CT molecular complexity index is 1330. The van der Waals surface area contributed by atoms with Crippen molar-refractivity contribution in [1.29, 1.82) is 0 Å². The van der Waals surface area contributed by atoms with Gasteiger partial charge in [0, 0.05) is 24.3 Å². The lowest BCUT2D eigenvalue weighted by molar-refractivity contribution is -0.0486. The molecule has 2 aliphatic rings. The first kappa shape index (κ1) is 25.2. The Hall–Kier alpha value is -3.46. The van der Waals surface area contributed by atoms with Crippen LogP contribution in [0.4, 0.5) is 8.78 Å². The summed E-state index contributed by atoms with van der Waals surface area (Å²) >= 11 is 0. The monoisotopic (exact) mass is 512 g/mol. The minimum absolute atomic E-state index is 0.0158. The molecule has 1 aromatic heterocycles. The molecular formula is C28H30F2N2O5. The van der Waals surface area contributed by atoms with Crippen molar-refractivity contribution in [2.45, 2.75) is 45.3 Å². The van der Waals surface area contributed by atoms with Crippen molar-refractivity contribution in [3.8, 4) is 22.6 Å². The van der Waals surface area contributed by atoms with Crippen LogP contribution in [0, 0.1) is 0 Å². The molecule has 5 rings (SSSR count). The number of ether oxygens (including phenoxy) is 3. The molecule has 37 heavy (non-hydrogen) atoms. The van der Waals surface area contributed by atoms with Gasteiger partial charge in [-0.05, 0) is 75.5 Å². The summed E-state index contributed by atoms with van der Waals surface area (Å²) in [6, 6.07) is 10.3. The van der Waals surface area contributed by atoms with E-state index in [1.165, 1.54) is 19.0 Å². The average Bonchev–Trinajstić information content (AvgIpc) is 3.60. The number of hydrogen-bond acceptors (Lipinski definition) is 6. The van der Waals surface area contributed by atoms with E-state index in [9.17, 15) is 18.4 Å². The van der Waals surface area contributed by atoms with E-state index >= 15 is 0 Å². The van der Waals surface area contributed by atoms with Gasteiger partial charge >= 0.3 is 12.6 Å². The molecule has 0 spiro atoms. The molecule has 0 N–H and O–H groups in total. The molecule has 1 aliphatic carbocycles. The van der Waals surface area contributed by atoms with Gasteiger partial charge in [-0.25, -0.2) is 4.79 Å². The second-order valence-corrected chi connectivity index (χ2v) is 9.37. The van der Waals surface area contributed by atoms with Crippen LogP contribution in [0.2, 0.25) is 0 Å². The van der Waals surface area contributed by atoms with Crippen molar-refractivity contribution in [3.05, 3.63) is 58.4 Å². The molecule has 0 atom stereocenters. The van der Waals surface area contributed by atoms with Crippen LogP contribution in [-0.4, -0.2) is 54.9 Å². The van der Waals surface area contributed by atoms with Gasteiger partial charge < -0.3 is 18.8 Å². The fourth-order valence-corrected chi connectivity index (χ4v) is 4.88. The first-order valence-electron chi connectivity index (χ1n) is 12.8. The normalized spacial score (nSPS) is 15.9. The summed E-state index contributed by atoms with van der Waals surface area (Å²) in [7, 11) is 0. The number of carbonyl (C=O) groups is 1. The summed E-state index contributed by atoms with van der Waals surface area (Å²) in [4.78, 5) is 28.0. The lowest BCUT2D eigenvalue weighted by atomic mass is 10.0. The predicted molar refractivity (Wildman–Crippen MR) is 136 cm³/mol. The largest absolute Gasteiger partial charge is 0.492 e. The third kappa shape index (κ3) is 5.46. The van der Waals surface area contributed by atoms with E-state index in [0.717, 1.165) is 32.5 Å². The Kier molecular flexibility index (Phi) is 7.41. The molecule has 0 radical (unpaired) electrons. The maximum absolute atomic E-state index is 13.6. The fraction of sp³-hybridized carbons (Fsp3) is 0.429. The molecule has 0 amide bonds. The number of hydrogen-bond donors (Lipinski definition) is 0. The number of likely N-dealkylation sites (tertiary alicyclic amines) is 1. The number of benzene rings is 2. The number of carbonyl (C=O) groups excluding carboxylic acids is 1. The van der Waals surface area contributed by atoms with Gasteiger partial charge in [-0.2, -0.15) is 8.78 Å². The van der Waals surface area contributed by atoms with E-state index in [-0.39, 0.29) is 34.9 Å². The van der Waals surface area contributed by atoms with Gasteiger partial charge in [0.1, 0.15) is 17.9 Å². The van der Waals surface area contributed by atoms with E-state index < -0.39 is 18.0 Å². The summed E-state index contributed by atoms with van der Waals surface area (Å²) in [5.41, 5.74) is 0.636. The van der Waals surface area contributed by atoms with Crippen molar-refractivity contribution in [1.82, 2.24) is 9.47 Å². The molecular weight excluding hydrogens is 482 g/mol. The van der Waals surface area contributed by atoms with Gasteiger partial charge in [0.2, 0.25) is 5.43 Å². The summed E-state index contributed by atoms with van der Waals surface area (Å²) in [6.07, 6.45) is 5.48. The van der Waals surface area contributed by atoms with E-state index in [2.05, 4.69) is 4.90 Å². The van der Waals surface area contributed by atoms with Gasteiger partial charge in [0.15, 0.2) is 5.75 Å². The topological polar surface area (TPSA) is 70.0 Å². The van der Waals surface area contributed by atoms with Crippen molar-refractivity contribution in [2.75, 3.05) is 32.8 Å². The van der Waals surface area contributed by atoms with Gasteiger partial charge in [-0.15, -0.1) is 0 Å². The molecule has 1 saturated heterocycles. The van der Waals surface area contributed by atoms with Crippen molar-refractivity contribution >= 4 is 16.9 Å². The minimum Gasteiger partial charge on any atom is -0.492 e. The van der Waals surface area contributed by atoms with Gasteiger partial charge in [0.25, 0.3) is 0 Å². The number of esters is 1. The zero-order chi connectivity index (χ0) is 25.9. The zero-order valence-electron chi connectivity index (χ0n) is 20.8. The highest BCUT2D eigenvalue weighted by Crippen LogP contribution is 2.43. The molecule has 1 saturated carbocycles. The highest BCUT2D eigenvalue weighted by molar-refractivity contribution is 5.98. The quantitative estimate of drug-likeness (QED) is 0.346. The molecule has 0 unspecified atom stereocenters. The van der Waals surface area contributed by atoms with Crippen LogP contribution >= 0.6 is 0 Å². The lowest BCUT2D eigenvalue weighted by Crippen LogP contribution is -2.25. The van der Waals surface area contributed by atoms with Crippen LogP contribution in [0.25, 0.3) is 22.0 Å². The fourth-order valence-electron chi connectivity index (χ4n) is 4.88. The Morgan fingerprint density at radius 1 is 1.08 bits per heavy atom. The number of rotatable bonds is 10. The van der Waals surface area contributed by atoms with Gasteiger partial charge in [-0.1, -0.05) is 12.1 Å². The number of halogens is 2. The molecule has 196 valence electrons. The van der Waals surface area contributed by atoms with Crippen molar-refractivity contribution in [2.24, 2.45) is 0 Å². The smallest absolute Gasteiger partial charge is 0.387 e. The number of nitrogens with zero attached hydrogens (tertiary/aromatic N) is 2. The Morgan fingerprint density at radius 3 is 2.46 bits per heavy atom. The minimum atomic E-state index is -3.09. The Balaban J connectivity index is 1.52. The molecule has 2 fully saturated rings. The number of alkyl halides is 2. The third-order valence-corrected chi connectivity index (χ3v) is 6.83. The second kappa shape index (κ2) is 10.9. The van der Waals surface area contributed by atoms with E-state index in [4.69, 9.17) is 14.2 Å². The van der Waals surface area contributed by atoms with E-state index in [1.54, 1.807) is 47.9 Å². The molecule has 2 aromatic carbocycles. The summed E-state index contributed by atoms with van der Waals surface area (Å²) in [5.74, 6) is -0.131. The first-order chi connectivity index (χ1) is 18.0. The van der Waals surface area contributed by atoms with Crippen LogP contribution in [0.5, 0.6) is 11.5 Å².